The topological polar surface area (TPSA) is 32.7 Å². The lowest BCUT2D eigenvalue weighted by molar-refractivity contribution is 0.148. The highest BCUT2D eigenvalue weighted by atomic mass is 16.5. The third-order valence-electron chi connectivity index (χ3n) is 4.03. The Morgan fingerprint density at radius 1 is 1.09 bits per heavy atom. The minimum absolute atomic E-state index is 0.453. The molecule has 2 aromatic rings. The van der Waals surface area contributed by atoms with Crippen molar-refractivity contribution in [3.63, 3.8) is 0 Å². The summed E-state index contributed by atoms with van der Waals surface area (Å²) in [6.07, 6.45) is 1.67. The van der Waals surface area contributed by atoms with Crippen molar-refractivity contribution < 1.29 is 9.84 Å². The number of nitrogens with zero attached hydrogens (tertiary/aromatic N) is 1. The summed E-state index contributed by atoms with van der Waals surface area (Å²) < 4.78 is 5.18. The predicted octanol–water partition coefficient (Wildman–Crippen LogP) is 2.96. The molecule has 0 saturated heterocycles. The van der Waals surface area contributed by atoms with E-state index in [1.807, 2.05) is 42.5 Å². The summed E-state index contributed by atoms with van der Waals surface area (Å²) >= 11 is 0. The Bertz CT molecular complexity index is 634. The van der Waals surface area contributed by atoms with Gasteiger partial charge in [-0.05, 0) is 28.8 Å². The molecule has 1 atom stereocenters. The molecule has 1 aliphatic heterocycles. The van der Waals surface area contributed by atoms with E-state index in [-0.39, 0.29) is 0 Å². The molecule has 0 amide bonds. The summed E-state index contributed by atoms with van der Waals surface area (Å²) in [7, 11) is 1.66. The van der Waals surface area contributed by atoms with Gasteiger partial charge in [-0.3, -0.25) is 4.90 Å². The van der Waals surface area contributed by atoms with Crippen LogP contribution in [0.4, 0.5) is 0 Å². The Hall–Kier alpha value is -2.10. The smallest absolute Gasteiger partial charge is 0.118 e. The van der Waals surface area contributed by atoms with Gasteiger partial charge in [-0.25, -0.2) is 0 Å². The molecule has 0 unspecified atom stereocenters. The van der Waals surface area contributed by atoms with Crippen molar-refractivity contribution in [1.82, 2.24) is 4.90 Å². The van der Waals surface area contributed by atoms with Crippen LogP contribution in [0.1, 0.15) is 11.1 Å². The second kappa shape index (κ2) is 6.77. The highest BCUT2D eigenvalue weighted by molar-refractivity contribution is 5.70. The lowest BCUT2D eigenvalue weighted by atomic mass is 9.96. The maximum absolute atomic E-state index is 10.5. The van der Waals surface area contributed by atoms with Crippen LogP contribution in [0.2, 0.25) is 0 Å². The van der Waals surface area contributed by atoms with Crippen molar-refractivity contribution in [3.8, 4) is 5.75 Å². The minimum Gasteiger partial charge on any atom is -0.497 e. The van der Waals surface area contributed by atoms with E-state index in [9.17, 15) is 5.11 Å². The summed E-state index contributed by atoms with van der Waals surface area (Å²) in [5.41, 5.74) is 3.34. The molecule has 0 saturated carbocycles. The van der Waals surface area contributed by atoms with Crippen molar-refractivity contribution in [1.29, 1.82) is 0 Å². The third-order valence-corrected chi connectivity index (χ3v) is 4.03. The van der Waals surface area contributed by atoms with E-state index in [1.165, 1.54) is 5.56 Å². The van der Waals surface area contributed by atoms with Crippen molar-refractivity contribution >= 4 is 5.57 Å². The molecule has 1 N–H and O–H groups in total. The van der Waals surface area contributed by atoms with Crippen LogP contribution in [-0.2, 0) is 6.54 Å². The molecule has 2 aromatic carbocycles. The molecule has 0 aromatic heterocycles. The Balaban J connectivity index is 1.70. The maximum atomic E-state index is 10.5. The van der Waals surface area contributed by atoms with Crippen LogP contribution in [0.5, 0.6) is 5.75 Å². The van der Waals surface area contributed by atoms with Gasteiger partial charge < -0.3 is 9.84 Å². The van der Waals surface area contributed by atoms with E-state index in [2.05, 4.69) is 23.1 Å². The number of rotatable bonds is 4. The monoisotopic (exact) mass is 295 g/mol. The standard InChI is InChI=1S/C19H21NO2/c1-22-17-9-7-16(8-10-17)18-11-12-20(14-19(18)21)13-15-5-3-2-4-6-15/h2-11,19,21H,12-14H2,1H3/t19-/m1/s1. The van der Waals surface area contributed by atoms with Gasteiger partial charge in [-0.2, -0.15) is 0 Å². The van der Waals surface area contributed by atoms with Gasteiger partial charge in [-0.1, -0.05) is 48.5 Å². The number of aliphatic hydroxyl groups excluding tert-OH is 1. The first kappa shape index (κ1) is 14.8. The second-order valence-corrected chi connectivity index (χ2v) is 5.58. The highest BCUT2D eigenvalue weighted by Crippen LogP contribution is 2.25. The molecule has 0 bridgehead atoms. The number of β-amino-alcohol motifs (C(OH)–C–C–N with tert-alkyl or cyclic N) is 1. The number of ether oxygens (including phenoxy) is 1. The van der Waals surface area contributed by atoms with Crippen molar-refractivity contribution in [2.75, 3.05) is 20.2 Å². The first-order chi connectivity index (χ1) is 10.8. The molecule has 0 radical (unpaired) electrons. The van der Waals surface area contributed by atoms with Crippen LogP contribution in [0.25, 0.3) is 5.57 Å². The average molecular weight is 295 g/mol. The maximum Gasteiger partial charge on any atom is 0.118 e. The van der Waals surface area contributed by atoms with Gasteiger partial charge in [-0.15, -0.1) is 0 Å². The molecule has 1 aliphatic rings. The molecule has 0 spiro atoms. The molecule has 22 heavy (non-hydrogen) atoms. The van der Waals surface area contributed by atoms with Crippen LogP contribution < -0.4 is 4.74 Å². The van der Waals surface area contributed by atoms with E-state index >= 15 is 0 Å². The largest absolute Gasteiger partial charge is 0.497 e. The van der Waals surface area contributed by atoms with E-state index in [4.69, 9.17) is 4.74 Å². The van der Waals surface area contributed by atoms with E-state index < -0.39 is 6.10 Å². The molecule has 0 fully saturated rings. The van der Waals surface area contributed by atoms with Gasteiger partial charge in [0.2, 0.25) is 0 Å². The van der Waals surface area contributed by atoms with Gasteiger partial charge in [0.1, 0.15) is 5.75 Å². The second-order valence-electron chi connectivity index (χ2n) is 5.58. The normalized spacial score (nSPS) is 18.8. The van der Waals surface area contributed by atoms with Crippen LogP contribution in [-0.4, -0.2) is 36.3 Å². The molecule has 3 heteroatoms. The van der Waals surface area contributed by atoms with Crippen LogP contribution in [0.3, 0.4) is 0 Å². The van der Waals surface area contributed by atoms with Gasteiger partial charge in [0.25, 0.3) is 0 Å². The highest BCUT2D eigenvalue weighted by Gasteiger charge is 2.21. The van der Waals surface area contributed by atoms with Crippen molar-refractivity contribution in [2.24, 2.45) is 0 Å². The van der Waals surface area contributed by atoms with Crippen molar-refractivity contribution in [2.45, 2.75) is 12.6 Å². The molecule has 3 rings (SSSR count). The van der Waals surface area contributed by atoms with Crippen LogP contribution >= 0.6 is 0 Å². The number of aliphatic hydroxyl groups is 1. The minimum atomic E-state index is -0.453. The number of hydrogen-bond acceptors (Lipinski definition) is 3. The van der Waals surface area contributed by atoms with Crippen LogP contribution in [0.15, 0.2) is 60.7 Å². The number of methoxy groups -OCH3 is 1. The molecular formula is C19H21NO2. The molecule has 0 aliphatic carbocycles. The van der Waals surface area contributed by atoms with Gasteiger partial charge >= 0.3 is 0 Å². The zero-order chi connectivity index (χ0) is 15.4. The lowest BCUT2D eigenvalue weighted by Crippen LogP contribution is -2.36. The lowest BCUT2D eigenvalue weighted by Gasteiger charge is -2.30. The Morgan fingerprint density at radius 2 is 1.82 bits per heavy atom. The Labute approximate surface area is 131 Å². The summed E-state index contributed by atoms with van der Waals surface area (Å²) in [5.74, 6) is 0.834. The fourth-order valence-corrected chi connectivity index (χ4v) is 2.85. The first-order valence-corrected chi connectivity index (χ1v) is 7.55. The average Bonchev–Trinajstić information content (AvgIpc) is 2.56. The quantitative estimate of drug-likeness (QED) is 0.941. The fraction of sp³-hybridized carbons (Fsp3) is 0.263. The predicted molar refractivity (Wildman–Crippen MR) is 88.7 cm³/mol. The Kier molecular flexibility index (Phi) is 4.56. The van der Waals surface area contributed by atoms with Gasteiger partial charge in [0.05, 0.1) is 13.2 Å². The van der Waals surface area contributed by atoms with E-state index in [0.717, 1.165) is 30.0 Å². The number of benzene rings is 2. The first-order valence-electron chi connectivity index (χ1n) is 7.55. The SMILES string of the molecule is COc1ccc(C2=CCN(Cc3ccccc3)C[C@H]2O)cc1. The molecule has 114 valence electrons. The zero-order valence-electron chi connectivity index (χ0n) is 12.8. The third kappa shape index (κ3) is 3.38. The van der Waals surface area contributed by atoms with E-state index in [1.54, 1.807) is 7.11 Å². The van der Waals surface area contributed by atoms with Crippen LogP contribution in [0, 0.1) is 0 Å². The molecule has 3 nitrogen and oxygen atoms in total. The Morgan fingerprint density at radius 3 is 2.45 bits per heavy atom. The van der Waals surface area contributed by atoms with Gasteiger partial charge in [0.15, 0.2) is 0 Å². The summed E-state index contributed by atoms with van der Waals surface area (Å²) in [4.78, 5) is 2.26. The summed E-state index contributed by atoms with van der Waals surface area (Å²) in [6.45, 7) is 2.38. The zero-order valence-corrected chi connectivity index (χ0v) is 12.8. The van der Waals surface area contributed by atoms with E-state index in [0.29, 0.717) is 6.54 Å². The summed E-state index contributed by atoms with van der Waals surface area (Å²) in [6, 6.07) is 18.2. The number of hydrogen-bond donors (Lipinski definition) is 1. The summed E-state index contributed by atoms with van der Waals surface area (Å²) in [5, 5.41) is 10.5. The molecular weight excluding hydrogens is 274 g/mol. The van der Waals surface area contributed by atoms with Gasteiger partial charge in [0, 0.05) is 19.6 Å². The van der Waals surface area contributed by atoms with Crippen molar-refractivity contribution in [3.05, 3.63) is 71.8 Å². The molecule has 1 heterocycles. The fourth-order valence-electron chi connectivity index (χ4n) is 2.85.